The zero-order chi connectivity index (χ0) is 68.5. The second kappa shape index (κ2) is 39.0. The topological polar surface area (TPSA) is 193 Å². The van der Waals surface area contributed by atoms with Crippen LogP contribution in [0.1, 0.15) is 194 Å². The molecular weight excluding hydrogens is 1290 g/mol. The number of rotatable bonds is 40. The van der Waals surface area contributed by atoms with Gasteiger partial charge in [-0.3, -0.25) is 9.59 Å². The van der Waals surface area contributed by atoms with E-state index in [1.54, 1.807) is 12.1 Å². The monoisotopic (exact) mass is 1400 g/mol. The van der Waals surface area contributed by atoms with Crippen LogP contribution in [-0.4, -0.2) is 153 Å². The van der Waals surface area contributed by atoms with E-state index in [0.717, 1.165) is 133 Å². The first-order valence-electron chi connectivity index (χ1n) is 35.9. The average Bonchev–Trinajstić information content (AvgIpc) is 0.756. The number of anilines is 4. The van der Waals surface area contributed by atoms with Gasteiger partial charge in [0.15, 0.2) is 11.5 Å². The summed E-state index contributed by atoms with van der Waals surface area (Å²) >= 11 is 2.68. The number of carbonyl (C=O) groups excluding carboxylic acids is 4. The summed E-state index contributed by atoms with van der Waals surface area (Å²) in [6.45, 7) is 11.4. The Morgan fingerprint density at radius 3 is 1.15 bits per heavy atom. The van der Waals surface area contributed by atoms with Crippen molar-refractivity contribution in [2.75, 3.05) is 104 Å². The van der Waals surface area contributed by atoms with Crippen LogP contribution >= 0.6 is 23.5 Å². The van der Waals surface area contributed by atoms with Gasteiger partial charge in [-0.25, -0.2) is 35.0 Å². The van der Waals surface area contributed by atoms with E-state index in [2.05, 4.69) is 23.6 Å². The van der Waals surface area contributed by atoms with Crippen LogP contribution in [0.5, 0.6) is 11.5 Å². The number of sulfonamides is 2. The molecule has 0 spiro atoms. The van der Waals surface area contributed by atoms with Crippen molar-refractivity contribution in [1.29, 1.82) is 0 Å². The average molecular weight is 1400 g/mol. The maximum absolute atomic E-state index is 14.6. The number of hydrogen-bond donors (Lipinski definition) is 0. The predicted octanol–water partition coefficient (Wildman–Crippen LogP) is 15.8. The summed E-state index contributed by atoms with van der Waals surface area (Å²) in [7, 11) is -2.55. The Morgan fingerprint density at radius 1 is 0.448 bits per heavy atom. The van der Waals surface area contributed by atoms with Crippen LogP contribution in [0.2, 0.25) is 0 Å². The van der Waals surface area contributed by atoms with Gasteiger partial charge in [0.2, 0.25) is 20.0 Å². The third kappa shape index (κ3) is 22.4. The Morgan fingerprint density at radius 2 is 0.792 bits per heavy atom. The second-order valence-corrected chi connectivity index (χ2v) is 33.3. The molecule has 530 valence electrons. The molecule has 0 bridgehead atoms. The minimum Gasteiger partial charge on any atom is -0.466 e. The van der Waals surface area contributed by atoms with Gasteiger partial charge in [0.25, 0.3) is 0 Å². The summed E-state index contributed by atoms with van der Waals surface area (Å²) in [5.41, 5.74) is 2.49. The summed E-state index contributed by atoms with van der Waals surface area (Å²) < 4.78 is 81.7. The van der Waals surface area contributed by atoms with Crippen LogP contribution in [0, 0.1) is 11.8 Å². The number of piperidine rings is 2. The van der Waals surface area contributed by atoms with Crippen molar-refractivity contribution in [3.63, 3.8) is 0 Å². The SMILES string of the molecule is CCCCCCCCCCCC(=O)OCCC1CCN(CCCN2c3ccccc3Sc3cc(S(=O)(=O)N(C)C)cc(OC(=O)C(=O)Oc4cc(S(=O)(=O)N(C)C)cc5c4N(CCCN4CCC(CCOC(=O)CCCCCCCCCCC)CC4)c4ccccc4S5)c32)CC1. The molecule has 4 aromatic carbocycles. The number of carbonyl (C=O) groups is 4. The van der Waals surface area contributed by atoms with Crippen molar-refractivity contribution in [2.24, 2.45) is 11.8 Å². The molecule has 0 radical (unpaired) electrons. The van der Waals surface area contributed by atoms with Crippen LogP contribution in [0.15, 0.2) is 102 Å². The van der Waals surface area contributed by atoms with Gasteiger partial charge < -0.3 is 38.5 Å². The van der Waals surface area contributed by atoms with Crippen LogP contribution in [0.4, 0.5) is 22.7 Å². The van der Waals surface area contributed by atoms with Crippen LogP contribution in [-0.2, 0) is 48.7 Å². The highest BCUT2D eigenvalue weighted by Gasteiger charge is 2.36. The molecule has 0 saturated carbocycles. The normalized spacial score (nSPS) is 15.5. The highest BCUT2D eigenvalue weighted by atomic mass is 32.2. The van der Waals surface area contributed by atoms with Gasteiger partial charge >= 0.3 is 23.9 Å². The molecule has 0 amide bonds. The fraction of sp³-hybridized carbons (Fsp3) is 0.622. The molecule has 0 N–H and O–H groups in total. The quantitative estimate of drug-likeness (QED) is 0.0176. The second-order valence-electron chi connectivity index (χ2n) is 26.8. The number of esters is 4. The summed E-state index contributed by atoms with van der Waals surface area (Å²) in [6.07, 6.45) is 29.7. The smallest absolute Gasteiger partial charge is 0.423 e. The lowest BCUT2D eigenvalue weighted by Gasteiger charge is -2.36. The van der Waals surface area contributed by atoms with E-state index in [9.17, 15) is 36.0 Å². The molecular formula is C74H108N6O12S4. The van der Waals surface area contributed by atoms with Crippen molar-refractivity contribution in [3.8, 4) is 11.5 Å². The van der Waals surface area contributed by atoms with Gasteiger partial charge in [0, 0.05) is 85.8 Å². The zero-order valence-corrected chi connectivity index (χ0v) is 61.4. The highest BCUT2D eigenvalue weighted by Crippen LogP contribution is 2.55. The molecule has 4 aliphatic rings. The fourth-order valence-corrected chi connectivity index (χ4v) is 17.7. The van der Waals surface area contributed by atoms with Gasteiger partial charge in [-0.2, -0.15) is 0 Å². The third-order valence-corrected chi connectivity index (χ3v) is 24.9. The summed E-state index contributed by atoms with van der Waals surface area (Å²) in [5.74, 6) is -2.45. The summed E-state index contributed by atoms with van der Waals surface area (Å²) in [6, 6.07) is 21.2. The lowest BCUT2D eigenvalue weighted by Crippen LogP contribution is -2.36. The number of hydrogen-bond acceptors (Lipinski definition) is 18. The van der Waals surface area contributed by atoms with Gasteiger partial charge in [-0.1, -0.05) is 164 Å². The number of benzene rings is 4. The van der Waals surface area contributed by atoms with E-state index in [-0.39, 0.29) is 33.2 Å². The van der Waals surface area contributed by atoms with E-state index in [1.165, 1.54) is 154 Å². The Balaban J connectivity index is 0.910. The zero-order valence-electron chi connectivity index (χ0n) is 58.2. The number of unbranched alkanes of at least 4 members (excludes halogenated alkanes) is 16. The van der Waals surface area contributed by atoms with Gasteiger partial charge in [0.1, 0.15) is 0 Å². The van der Waals surface area contributed by atoms with Crippen LogP contribution in [0.25, 0.3) is 0 Å². The molecule has 4 aliphatic heterocycles. The van der Waals surface area contributed by atoms with Crippen molar-refractivity contribution in [3.05, 3.63) is 72.8 Å². The van der Waals surface area contributed by atoms with E-state index in [1.807, 2.05) is 58.3 Å². The van der Waals surface area contributed by atoms with Gasteiger partial charge in [-0.05, 0) is 152 Å². The first kappa shape index (κ1) is 76.6. The Hall–Kier alpha value is -5.20. The van der Waals surface area contributed by atoms with Crippen molar-refractivity contribution in [2.45, 2.75) is 223 Å². The number of nitrogens with zero attached hydrogens (tertiary/aromatic N) is 6. The molecule has 18 nitrogen and oxygen atoms in total. The molecule has 0 aromatic heterocycles. The number of para-hydroxylation sites is 2. The van der Waals surface area contributed by atoms with Crippen molar-refractivity contribution in [1.82, 2.24) is 18.4 Å². The molecule has 4 aromatic rings. The van der Waals surface area contributed by atoms with Gasteiger partial charge in [-0.15, -0.1) is 0 Å². The van der Waals surface area contributed by atoms with Crippen molar-refractivity contribution < 1.29 is 55.0 Å². The van der Waals surface area contributed by atoms with Crippen molar-refractivity contribution >= 4 is 90.2 Å². The molecule has 0 unspecified atom stereocenters. The summed E-state index contributed by atoms with van der Waals surface area (Å²) in [4.78, 5) is 65.7. The minimum atomic E-state index is -4.11. The molecule has 4 heterocycles. The number of likely N-dealkylation sites (tertiary alicyclic amines) is 2. The molecule has 0 aliphatic carbocycles. The first-order valence-corrected chi connectivity index (χ1v) is 40.4. The van der Waals surface area contributed by atoms with E-state index < -0.39 is 32.0 Å². The third-order valence-electron chi connectivity index (χ3n) is 19.1. The lowest BCUT2D eigenvalue weighted by atomic mass is 9.94. The maximum atomic E-state index is 14.6. The molecule has 8 rings (SSSR count). The first-order chi connectivity index (χ1) is 46.4. The Bertz CT molecular complexity index is 3170. The Labute approximate surface area is 582 Å². The molecule has 2 fully saturated rings. The Kier molecular flexibility index (Phi) is 31.1. The van der Waals surface area contributed by atoms with E-state index >= 15 is 0 Å². The van der Waals surface area contributed by atoms with Crippen LogP contribution < -0.4 is 19.3 Å². The van der Waals surface area contributed by atoms with Crippen LogP contribution in [0.3, 0.4) is 0 Å². The van der Waals surface area contributed by atoms with E-state index in [4.69, 9.17) is 18.9 Å². The maximum Gasteiger partial charge on any atom is 0.423 e. The summed E-state index contributed by atoms with van der Waals surface area (Å²) in [5, 5.41) is 0. The molecule has 0 atom stereocenters. The number of ether oxygens (including phenoxy) is 4. The predicted molar refractivity (Wildman–Crippen MR) is 383 cm³/mol. The minimum absolute atomic E-state index is 0.0989. The largest absolute Gasteiger partial charge is 0.466 e. The molecule has 96 heavy (non-hydrogen) atoms. The van der Waals surface area contributed by atoms with E-state index in [0.29, 0.717) is 85.0 Å². The standard InChI is InChI=1S/C74H108N6O12S4/c1-7-9-11-13-15-17-19-21-23-35-69(81)89-51-41-57-37-47-77(48-38-57)43-29-45-79-61-31-25-27-33-65(61)93-67-55-59(95(85,86)75(3)4)53-63(71(67)79)91-73(83)74(84)92-64-54-60(96(87,88)76(5)6)56-68-72(64)80(62-32-26-28-34-66(62)94-68)46-30-44-78-49-39-58(40-50-78)42-52-90-70(82)36-24-22-20-18-16-14-12-10-8-2/h25-28,31-34,53-58H,7-24,29-30,35-52H2,1-6H3. The molecule has 2 saturated heterocycles. The number of fused-ring (bicyclic) bond motifs is 4. The van der Waals surface area contributed by atoms with Gasteiger partial charge in [0.05, 0.1) is 45.8 Å². The lowest BCUT2D eigenvalue weighted by molar-refractivity contribution is -0.156. The fourth-order valence-electron chi connectivity index (χ4n) is 13.3. The molecule has 22 heteroatoms. The highest BCUT2D eigenvalue weighted by molar-refractivity contribution is 8.00.